The molecule has 4 aromatic rings. The zero-order valence-electron chi connectivity index (χ0n) is 15.8. The molecule has 0 aliphatic carbocycles. The molecule has 1 fully saturated rings. The number of rotatable bonds is 1. The molecule has 2 amide bonds. The molecule has 4 heterocycles. The molecule has 2 aromatic carbocycles. The van der Waals surface area contributed by atoms with Crippen LogP contribution < -0.4 is 5.32 Å². The van der Waals surface area contributed by atoms with E-state index in [9.17, 15) is 9.59 Å². The van der Waals surface area contributed by atoms with Crippen molar-refractivity contribution in [3.63, 3.8) is 0 Å². The molecule has 3 atom stereocenters. The SMILES string of the molecule is CC1NC(=O)C2Cc3c([nH]c4ccccc34)C(c3ccc4occc4c3)N2C1=O. The zero-order chi connectivity index (χ0) is 19.7. The van der Waals surface area contributed by atoms with Crippen LogP contribution in [0.15, 0.2) is 59.2 Å². The van der Waals surface area contributed by atoms with Crippen molar-refractivity contribution in [3.05, 3.63) is 71.6 Å². The first-order valence-electron chi connectivity index (χ1n) is 9.81. The third-order valence-corrected chi connectivity index (χ3v) is 6.21. The molecule has 2 N–H and O–H groups in total. The number of H-pyrrole nitrogens is 1. The van der Waals surface area contributed by atoms with E-state index < -0.39 is 12.1 Å². The van der Waals surface area contributed by atoms with Gasteiger partial charge in [-0.2, -0.15) is 0 Å². The van der Waals surface area contributed by atoms with E-state index in [1.807, 2.05) is 42.5 Å². The molecule has 6 rings (SSSR count). The fourth-order valence-corrected chi connectivity index (χ4v) is 4.86. The van der Waals surface area contributed by atoms with Crippen molar-refractivity contribution in [2.45, 2.75) is 31.5 Å². The van der Waals surface area contributed by atoms with Gasteiger partial charge in [0.15, 0.2) is 0 Å². The number of para-hydroxylation sites is 1. The van der Waals surface area contributed by atoms with Crippen LogP contribution in [0.4, 0.5) is 0 Å². The van der Waals surface area contributed by atoms with Gasteiger partial charge in [-0.1, -0.05) is 24.3 Å². The van der Waals surface area contributed by atoms with Gasteiger partial charge in [-0.15, -0.1) is 0 Å². The molecule has 0 bridgehead atoms. The van der Waals surface area contributed by atoms with Gasteiger partial charge in [-0.05, 0) is 42.3 Å². The smallest absolute Gasteiger partial charge is 0.246 e. The van der Waals surface area contributed by atoms with E-state index >= 15 is 0 Å². The van der Waals surface area contributed by atoms with Crippen LogP contribution in [0.1, 0.15) is 29.8 Å². The predicted molar refractivity (Wildman–Crippen MR) is 108 cm³/mol. The van der Waals surface area contributed by atoms with Gasteiger partial charge in [-0.3, -0.25) is 9.59 Å². The third-order valence-electron chi connectivity index (χ3n) is 6.21. The van der Waals surface area contributed by atoms with Crippen LogP contribution in [0.3, 0.4) is 0 Å². The van der Waals surface area contributed by atoms with Gasteiger partial charge in [0.1, 0.15) is 17.7 Å². The van der Waals surface area contributed by atoms with Crippen molar-refractivity contribution in [2.24, 2.45) is 0 Å². The molecule has 2 aromatic heterocycles. The number of aromatic amines is 1. The maximum atomic E-state index is 13.2. The lowest BCUT2D eigenvalue weighted by Crippen LogP contribution is -2.65. The quantitative estimate of drug-likeness (QED) is 0.528. The number of fused-ring (bicyclic) bond motifs is 5. The summed E-state index contributed by atoms with van der Waals surface area (Å²) in [7, 11) is 0. The Hall–Kier alpha value is -3.54. The van der Waals surface area contributed by atoms with E-state index in [0.29, 0.717) is 6.42 Å². The fraction of sp³-hybridized carbons (Fsp3) is 0.217. The lowest BCUT2D eigenvalue weighted by atomic mass is 9.85. The number of hydrogen-bond donors (Lipinski definition) is 2. The van der Waals surface area contributed by atoms with Crippen LogP contribution in [0.5, 0.6) is 0 Å². The second kappa shape index (κ2) is 5.73. The molecule has 6 heteroatoms. The number of nitrogens with zero attached hydrogens (tertiary/aromatic N) is 1. The van der Waals surface area contributed by atoms with Crippen molar-refractivity contribution in [3.8, 4) is 0 Å². The lowest BCUT2D eigenvalue weighted by Gasteiger charge is -2.45. The van der Waals surface area contributed by atoms with E-state index in [0.717, 1.165) is 38.7 Å². The monoisotopic (exact) mass is 385 g/mol. The number of amides is 2. The van der Waals surface area contributed by atoms with Gasteiger partial charge in [0, 0.05) is 28.4 Å². The van der Waals surface area contributed by atoms with Crippen molar-refractivity contribution < 1.29 is 14.0 Å². The summed E-state index contributed by atoms with van der Waals surface area (Å²) >= 11 is 0. The van der Waals surface area contributed by atoms with Gasteiger partial charge in [0.25, 0.3) is 0 Å². The molecular weight excluding hydrogens is 366 g/mol. The van der Waals surface area contributed by atoms with Gasteiger partial charge in [0.2, 0.25) is 11.8 Å². The molecule has 6 nitrogen and oxygen atoms in total. The molecule has 144 valence electrons. The molecule has 0 spiro atoms. The minimum absolute atomic E-state index is 0.0591. The average molecular weight is 385 g/mol. The van der Waals surface area contributed by atoms with Crippen molar-refractivity contribution in [2.75, 3.05) is 0 Å². The molecule has 29 heavy (non-hydrogen) atoms. The fourth-order valence-electron chi connectivity index (χ4n) is 4.86. The summed E-state index contributed by atoms with van der Waals surface area (Å²) < 4.78 is 5.49. The Labute approximate surface area is 166 Å². The van der Waals surface area contributed by atoms with Crippen LogP contribution in [0.2, 0.25) is 0 Å². The highest BCUT2D eigenvalue weighted by atomic mass is 16.3. The number of carbonyl (C=O) groups is 2. The first kappa shape index (κ1) is 16.4. The largest absolute Gasteiger partial charge is 0.464 e. The summed E-state index contributed by atoms with van der Waals surface area (Å²) in [6, 6.07) is 14.6. The van der Waals surface area contributed by atoms with Crippen molar-refractivity contribution in [1.82, 2.24) is 15.2 Å². The molecule has 0 radical (unpaired) electrons. The maximum absolute atomic E-state index is 13.2. The van der Waals surface area contributed by atoms with Crippen LogP contribution in [-0.2, 0) is 16.0 Å². The number of benzene rings is 2. The molecular formula is C23H19N3O3. The molecule has 3 unspecified atom stereocenters. The molecule has 2 aliphatic rings. The van der Waals surface area contributed by atoms with E-state index in [1.54, 1.807) is 18.1 Å². The summed E-state index contributed by atoms with van der Waals surface area (Å²) in [5.74, 6) is -0.154. The number of carbonyl (C=O) groups excluding carboxylic acids is 2. The Morgan fingerprint density at radius 1 is 1.10 bits per heavy atom. The topological polar surface area (TPSA) is 78.3 Å². The standard InChI is InChI=1S/C23H19N3O3/c1-12-23(28)26-18(22(27)24-12)11-16-15-4-2-3-5-17(15)25-20(16)21(26)14-6-7-19-13(10-14)8-9-29-19/h2-10,12,18,21,25H,11H2,1H3,(H,24,27). The summed E-state index contributed by atoms with van der Waals surface area (Å²) in [6.07, 6.45) is 2.17. The summed E-state index contributed by atoms with van der Waals surface area (Å²) in [5, 5.41) is 4.92. The Morgan fingerprint density at radius 3 is 2.86 bits per heavy atom. The van der Waals surface area contributed by atoms with Crippen molar-refractivity contribution >= 4 is 33.7 Å². The predicted octanol–water partition coefficient (Wildman–Crippen LogP) is 3.28. The van der Waals surface area contributed by atoms with Gasteiger partial charge < -0.3 is 19.6 Å². The second-order valence-electron chi connectivity index (χ2n) is 7.88. The second-order valence-corrected chi connectivity index (χ2v) is 7.88. The Morgan fingerprint density at radius 2 is 1.97 bits per heavy atom. The highest BCUT2D eigenvalue weighted by Gasteiger charge is 2.47. The summed E-state index contributed by atoms with van der Waals surface area (Å²) in [4.78, 5) is 31.4. The normalized spacial score (nSPS) is 23.9. The van der Waals surface area contributed by atoms with Crippen LogP contribution in [-0.4, -0.2) is 33.8 Å². The van der Waals surface area contributed by atoms with E-state index in [-0.39, 0.29) is 17.9 Å². The molecule has 2 aliphatic heterocycles. The maximum Gasteiger partial charge on any atom is 0.246 e. The first-order chi connectivity index (χ1) is 14.1. The molecule has 0 saturated carbocycles. The Bertz CT molecular complexity index is 1300. The van der Waals surface area contributed by atoms with Crippen LogP contribution in [0.25, 0.3) is 21.9 Å². The Balaban J connectivity index is 1.63. The van der Waals surface area contributed by atoms with Crippen LogP contribution in [0, 0.1) is 0 Å². The number of hydrogen-bond acceptors (Lipinski definition) is 3. The average Bonchev–Trinajstić information content (AvgIpc) is 3.34. The van der Waals surface area contributed by atoms with E-state index in [2.05, 4.69) is 16.4 Å². The minimum Gasteiger partial charge on any atom is -0.464 e. The third kappa shape index (κ3) is 2.23. The Kier molecular flexibility index (Phi) is 3.25. The summed E-state index contributed by atoms with van der Waals surface area (Å²) in [5.41, 5.74) is 4.88. The van der Waals surface area contributed by atoms with Crippen molar-refractivity contribution in [1.29, 1.82) is 0 Å². The number of furan rings is 1. The lowest BCUT2D eigenvalue weighted by molar-refractivity contribution is -0.151. The molecule has 1 saturated heterocycles. The van der Waals surface area contributed by atoms with Gasteiger partial charge in [-0.25, -0.2) is 0 Å². The first-order valence-corrected chi connectivity index (χ1v) is 9.81. The van der Waals surface area contributed by atoms with Crippen LogP contribution >= 0.6 is 0 Å². The highest BCUT2D eigenvalue weighted by molar-refractivity contribution is 5.99. The number of piperazine rings is 1. The number of nitrogens with one attached hydrogen (secondary N) is 2. The van der Waals surface area contributed by atoms with E-state index in [1.165, 1.54) is 0 Å². The van der Waals surface area contributed by atoms with E-state index in [4.69, 9.17) is 4.42 Å². The zero-order valence-corrected chi connectivity index (χ0v) is 15.8. The number of aromatic nitrogens is 1. The minimum atomic E-state index is -0.537. The van der Waals surface area contributed by atoms with Gasteiger partial charge >= 0.3 is 0 Å². The highest BCUT2D eigenvalue weighted by Crippen LogP contribution is 2.42. The summed E-state index contributed by atoms with van der Waals surface area (Å²) in [6.45, 7) is 1.74. The van der Waals surface area contributed by atoms with Gasteiger partial charge in [0.05, 0.1) is 12.3 Å².